The third-order valence-corrected chi connectivity index (χ3v) is 6.49. The molecule has 0 fully saturated rings. The van der Waals surface area contributed by atoms with Gasteiger partial charge >= 0.3 is 0 Å². The van der Waals surface area contributed by atoms with Crippen molar-refractivity contribution in [3.05, 3.63) is 34.6 Å². The fourth-order valence-electron chi connectivity index (χ4n) is 1.86. The third-order valence-electron chi connectivity index (χ3n) is 3.00. The van der Waals surface area contributed by atoms with Crippen LogP contribution >= 0.6 is 23.1 Å². The zero-order valence-corrected chi connectivity index (χ0v) is 15.6. The SMILES string of the molecule is Cc1c(Cl)cccc1S(=O)(=O)Nc1nc(CCCS(=O)(=O)O)ns1. The smallest absolute Gasteiger partial charge is 0.264 e. The minimum Gasteiger partial charge on any atom is -0.286 e. The van der Waals surface area contributed by atoms with Crippen molar-refractivity contribution in [2.75, 3.05) is 10.5 Å². The van der Waals surface area contributed by atoms with E-state index in [-0.39, 0.29) is 22.9 Å². The molecule has 0 aliphatic carbocycles. The second-order valence-corrected chi connectivity index (χ2v) is 9.26. The topological polar surface area (TPSA) is 126 Å². The van der Waals surface area contributed by atoms with E-state index in [1.54, 1.807) is 13.0 Å². The number of anilines is 1. The molecule has 12 heteroatoms. The summed E-state index contributed by atoms with van der Waals surface area (Å²) < 4.78 is 61.0. The fraction of sp³-hybridized carbons (Fsp3) is 0.333. The number of hydrogen-bond donors (Lipinski definition) is 2. The van der Waals surface area contributed by atoms with Crippen LogP contribution in [-0.2, 0) is 26.6 Å². The summed E-state index contributed by atoms with van der Waals surface area (Å²) in [6.45, 7) is 1.59. The number of hydrogen-bond acceptors (Lipinski definition) is 7. The highest BCUT2D eigenvalue weighted by Gasteiger charge is 2.20. The molecule has 0 bridgehead atoms. The molecule has 0 spiro atoms. The molecule has 132 valence electrons. The molecule has 0 amide bonds. The Bertz CT molecular complexity index is 941. The summed E-state index contributed by atoms with van der Waals surface area (Å²) in [5.74, 6) is -0.112. The Labute approximate surface area is 148 Å². The van der Waals surface area contributed by atoms with Crippen molar-refractivity contribution in [3.8, 4) is 0 Å². The number of nitrogens with zero attached hydrogens (tertiary/aromatic N) is 2. The second-order valence-electron chi connectivity index (χ2n) is 4.87. The zero-order valence-electron chi connectivity index (χ0n) is 12.4. The van der Waals surface area contributed by atoms with Gasteiger partial charge in [0.05, 0.1) is 10.6 Å². The molecular weight excluding hydrogens is 398 g/mol. The molecule has 1 aromatic heterocycles. The number of nitrogens with one attached hydrogen (secondary N) is 1. The van der Waals surface area contributed by atoms with Gasteiger partial charge in [0.1, 0.15) is 5.82 Å². The van der Waals surface area contributed by atoms with Gasteiger partial charge in [-0.25, -0.2) is 13.4 Å². The van der Waals surface area contributed by atoms with E-state index in [9.17, 15) is 16.8 Å². The molecule has 2 aromatic rings. The third kappa shape index (κ3) is 5.11. The van der Waals surface area contributed by atoms with Gasteiger partial charge in [-0.15, -0.1) is 0 Å². The largest absolute Gasteiger partial charge is 0.286 e. The number of aromatic nitrogens is 2. The van der Waals surface area contributed by atoms with Crippen molar-refractivity contribution in [3.63, 3.8) is 0 Å². The van der Waals surface area contributed by atoms with Gasteiger partial charge in [0, 0.05) is 23.0 Å². The molecule has 0 aliphatic rings. The van der Waals surface area contributed by atoms with Crippen molar-refractivity contribution < 1.29 is 21.4 Å². The fourth-order valence-corrected chi connectivity index (χ4v) is 4.70. The summed E-state index contributed by atoms with van der Waals surface area (Å²) in [5.41, 5.74) is 0.421. The van der Waals surface area contributed by atoms with Crippen LogP contribution < -0.4 is 4.72 Å². The van der Waals surface area contributed by atoms with Gasteiger partial charge in [0.25, 0.3) is 20.1 Å². The number of aryl methyl sites for hydroxylation is 1. The molecule has 0 saturated heterocycles. The van der Waals surface area contributed by atoms with Crippen LogP contribution in [0.3, 0.4) is 0 Å². The monoisotopic (exact) mass is 411 g/mol. The lowest BCUT2D eigenvalue weighted by Gasteiger charge is -2.08. The van der Waals surface area contributed by atoms with Crippen LogP contribution in [0.1, 0.15) is 17.8 Å². The van der Waals surface area contributed by atoms with Gasteiger partial charge < -0.3 is 0 Å². The van der Waals surface area contributed by atoms with E-state index in [4.69, 9.17) is 16.2 Å². The first-order chi connectivity index (χ1) is 11.1. The first kappa shape index (κ1) is 19.1. The summed E-state index contributed by atoms with van der Waals surface area (Å²) in [6.07, 6.45) is 0.337. The predicted molar refractivity (Wildman–Crippen MR) is 91.6 cm³/mol. The quantitative estimate of drug-likeness (QED) is 0.668. The second kappa shape index (κ2) is 7.31. The predicted octanol–water partition coefficient (Wildman–Crippen LogP) is 2.12. The van der Waals surface area contributed by atoms with Gasteiger partial charge in [0.2, 0.25) is 5.13 Å². The number of sulfonamides is 1. The Morgan fingerprint density at radius 3 is 2.67 bits per heavy atom. The Balaban J connectivity index is 2.10. The molecule has 0 aliphatic heterocycles. The highest BCUT2D eigenvalue weighted by atomic mass is 35.5. The van der Waals surface area contributed by atoms with Crippen LogP contribution in [-0.4, -0.2) is 36.5 Å². The standard InChI is InChI=1S/C12H14ClN3O5S3/c1-8-9(13)4-2-5-10(8)24(20,21)16-12-14-11(15-22-12)6-3-7-23(17,18)19/h2,4-5H,3,6-7H2,1H3,(H,14,15,16)(H,17,18,19). The van der Waals surface area contributed by atoms with Crippen LogP contribution in [0.4, 0.5) is 5.13 Å². The Morgan fingerprint density at radius 1 is 1.29 bits per heavy atom. The van der Waals surface area contributed by atoms with Gasteiger partial charge in [0.15, 0.2) is 0 Å². The summed E-state index contributed by atoms with van der Waals surface area (Å²) in [7, 11) is -7.90. The van der Waals surface area contributed by atoms with Crippen molar-refractivity contribution in [1.29, 1.82) is 0 Å². The average Bonchev–Trinajstić information content (AvgIpc) is 2.87. The molecule has 1 aromatic carbocycles. The van der Waals surface area contributed by atoms with Crippen LogP contribution in [0.2, 0.25) is 5.02 Å². The maximum Gasteiger partial charge on any atom is 0.264 e. The summed E-state index contributed by atoms with van der Waals surface area (Å²) in [4.78, 5) is 4.04. The lowest BCUT2D eigenvalue weighted by molar-refractivity contribution is 0.481. The van der Waals surface area contributed by atoms with E-state index in [1.165, 1.54) is 12.1 Å². The normalized spacial score (nSPS) is 12.3. The lowest BCUT2D eigenvalue weighted by atomic mass is 10.2. The Hall–Kier alpha value is -1.27. The molecule has 0 saturated carbocycles. The minimum absolute atomic E-state index is 0.0399. The molecule has 0 radical (unpaired) electrons. The summed E-state index contributed by atoms with van der Waals surface area (Å²) >= 11 is 6.78. The van der Waals surface area contributed by atoms with Gasteiger partial charge in [-0.3, -0.25) is 9.27 Å². The van der Waals surface area contributed by atoms with E-state index >= 15 is 0 Å². The highest BCUT2D eigenvalue weighted by molar-refractivity contribution is 7.93. The molecule has 2 rings (SSSR count). The van der Waals surface area contributed by atoms with Crippen molar-refractivity contribution in [2.24, 2.45) is 0 Å². The van der Waals surface area contributed by atoms with E-state index in [0.29, 0.717) is 16.4 Å². The van der Waals surface area contributed by atoms with Crippen LogP contribution in [0.25, 0.3) is 0 Å². The Kier molecular flexibility index (Phi) is 5.81. The molecule has 0 unspecified atom stereocenters. The summed E-state index contributed by atoms with van der Waals surface area (Å²) in [6, 6.07) is 4.55. The molecule has 1 heterocycles. The highest BCUT2D eigenvalue weighted by Crippen LogP contribution is 2.25. The van der Waals surface area contributed by atoms with Crippen LogP contribution in [0.15, 0.2) is 23.1 Å². The van der Waals surface area contributed by atoms with Crippen molar-refractivity contribution in [2.45, 2.75) is 24.7 Å². The first-order valence-corrected chi connectivity index (χ1v) is 10.9. The number of benzene rings is 1. The molecule has 2 N–H and O–H groups in total. The molecular formula is C12H14ClN3O5S3. The van der Waals surface area contributed by atoms with Crippen LogP contribution in [0.5, 0.6) is 0 Å². The first-order valence-electron chi connectivity index (χ1n) is 6.64. The maximum absolute atomic E-state index is 12.4. The maximum atomic E-state index is 12.4. The number of rotatable bonds is 7. The molecule has 8 nitrogen and oxygen atoms in total. The van der Waals surface area contributed by atoms with Gasteiger partial charge in [-0.2, -0.15) is 12.8 Å². The summed E-state index contributed by atoms with van der Waals surface area (Å²) in [5, 5.41) is 0.400. The number of halogens is 1. The van der Waals surface area contributed by atoms with Crippen molar-refractivity contribution >= 4 is 48.4 Å². The van der Waals surface area contributed by atoms with Gasteiger partial charge in [-0.05, 0) is 31.0 Å². The van der Waals surface area contributed by atoms with E-state index in [2.05, 4.69) is 14.1 Å². The zero-order chi connectivity index (χ0) is 18.0. The van der Waals surface area contributed by atoms with Crippen LogP contribution in [0, 0.1) is 6.92 Å². The lowest BCUT2D eigenvalue weighted by Crippen LogP contribution is -2.14. The van der Waals surface area contributed by atoms with E-state index in [1.807, 2.05) is 0 Å². The van der Waals surface area contributed by atoms with Crippen molar-refractivity contribution in [1.82, 2.24) is 9.36 Å². The minimum atomic E-state index is -4.04. The van der Waals surface area contributed by atoms with E-state index in [0.717, 1.165) is 11.5 Å². The van der Waals surface area contributed by atoms with Gasteiger partial charge in [-0.1, -0.05) is 17.7 Å². The Morgan fingerprint density at radius 2 is 2.00 bits per heavy atom. The van der Waals surface area contributed by atoms with E-state index < -0.39 is 25.9 Å². The average molecular weight is 412 g/mol. The molecule has 24 heavy (non-hydrogen) atoms. The molecule has 0 atom stereocenters.